The van der Waals surface area contributed by atoms with Crippen LogP contribution in [0, 0.1) is 0 Å². The first-order valence-corrected chi connectivity index (χ1v) is 6.81. The van der Waals surface area contributed by atoms with Crippen LogP contribution in [0.2, 0.25) is 0 Å². The molecule has 0 amide bonds. The number of ether oxygens (including phenoxy) is 1. The highest BCUT2D eigenvalue weighted by molar-refractivity contribution is 5.22. The van der Waals surface area contributed by atoms with Crippen molar-refractivity contribution in [3.05, 3.63) is 24.0 Å². The summed E-state index contributed by atoms with van der Waals surface area (Å²) < 4.78 is 42.0. The minimum atomic E-state index is -4.37. The molecule has 20 heavy (non-hydrogen) atoms. The van der Waals surface area contributed by atoms with E-state index >= 15 is 0 Å². The van der Waals surface area contributed by atoms with Crippen molar-refractivity contribution in [2.45, 2.75) is 51.9 Å². The molecule has 1 aromatic heterocycles. The molecular formula is C14H21F3N2O. The van der Waals surface area contributed by atoms with Gasteiger partial charge in [0, 0.05) is 6.04 Å². The van der Waals surface area contributed by atoms with Crippen molar-refractivity contribution in [1.82, 2.24) is 10.3 Å². The maximum absolute atomic E-state index is 12.4. The fourth-order valence-electron chi connectivity index (χ4n) is 1.72. The largest absolute Gasteiger partial charge is 0.480 e. The molecule has 1 N–H and O–H groups in total. The lowest BCUT2D eigenvalue weighted by molar-refractivity contribution is -0.189. The lowest BCUT2D eigenvalue weighted by Crippen LogP contribution is -2.31. The van der Waals surface area contributed by atoms with Crippen LogP contribution in [-0.2, 0) is 0 Å². The van der Waals surface area contributed by atoms with Crippen molar-refractivity contribution in [1.29, 1.82) is 0 Å². The van der Waals surface area contributed by atoms with Crippen molar-refractivity contribution in [2.24, 2.45) is 0 Å². The smallest absolute Gasteiger partial charge is 0.425 e. The molecule has 0 aliphatic rings. The van der Waals surface area contributed by atoms with Crippen LogP contribution in [0.15, 0.2) is 18.3 Å². The van der Waals surface area contributed by atoms with Gasteiger partial charge >= 0.3 is 6.18 Å². The normalized spacial score (nSPS) is 14.9. The van der Waals surface area contributed by atoms with Crippen molar-refractivity contribution >= 4 is 0 Å². The molecule has 2 unspecified atom stereocenters. The average molecular weight is 290 g/mol. The van der Waals surface area contributed by atoms with Gasteiger partial charge in [0.25, 0.3) is 0 Å². The molecule has 0 saturated heterocycles. The Morgan fingerprint density at radius 2 is 2.00 bits per heavy atom. The Hall–Kier alpha value is -1.30. The molecule has 6 heteroatoms. The topological polar surface area (TPSA) is 34.1 Å². The van der Waals surface area contributed by atoms with Crippen LogP contribution in [0.4, 0.5) is 13.2 Å². The van der Waals surface area contributed by atoms with E-state index in [0.29, 0.717) is 0 Å². The van der Waals surface area contributed by atoms with Crippen molar-refractivity contribution in [3.63, 3.8) is 0 Å². The van der Waals surface area contributed by atoms with Gasteiger partial charge in [-0.15, -0.1) is 0 Å². The first kappa shape index (κ1) is 16.8. The first-order chi connectivity index (χ1) is 9.38. The number of halogens is 3. The van der Waals surface area contributed by atoms with Gasteiger partial charge in [0.15, 0.2) is 6.10 Å². The lowest BCUT2D eigenvalue weighted by atomic mass is 10.1. The maximum atomic E-state index is 12.4. The summed E-state index contributed by atoms with van der Waals surface area (Å²) in [6, 6.07) is 3.35. The number of alkyl halides is 3. The third-order valence-electron chi connectivity index (χ3n) is 2.94. The Morgan fingerprint density at radius 3 is 2.45 bits per heavy atom. The number of rotatable bonds is 7. The van der Waals surface area contributed by atoms with Gasteiger partial charge in [-0.2, -0.15) is 13.2 Å². The van der Waals surface area contributed by atoms with Crippen LogP contribution in [0.1, 0.15) is 45.3 Å². The summed E-state index contributed by atoms with van der Waals surface area (Å²) in [5, 5.41) is 3.34. The highest BCUT2D eigenvalue weighted by Crippen LogP contribution is 2.25. The summed E-state index contributed by atoms with van der Waals surface area (Å²) in [4.78, 5) is 4.18. The van der Waals surface area contributed by atoms with Crippen LogP contribution >= 0.6 is 0 Å². The minimum Gasteiger partial charge on any atom is -0.480 e. The van der Waals surface area contributed by atoms with Gasteiger partial charge in [0.1, 0.15) is 5.75 Å². The van der Waals surface area contributed by atoms with Crippen LogP contribution in [-0.4, -0.2) is 23.8 Å². The zero-order valence-electron chi connectivity index (χ0n) is 12.0. The lowest BCUT2D eigenvalue weighted by Gasteiger charge is -2.19. The van der Waals surface area contributed by atoms with Crippen molar-refractivity contribution in [2.75, 3.05) is 6.54 Å². The second-order valence-electron chi connectivity index (χ2n) is 4.64. The van der Waals surface area contributed by atoms with E-state index in [9.17, 15) is 13.2 Å². The molecule has 0 bridgehead atoms. The van der Waals surface area contributed by atoms with Crippen molar-refractivity contribution in [3.8, 4) is 5.75 Å². The second-order valence-corrected chi connectivity index (χ2v) is 4.64. The summed E-state index contributed by atoms with van der Waals surface area (Å²) in [7, 11) is 0. The molecule has 0 saturated carbocycles. The summed E-state index contributed by atoms with van der Waals surface area (Å²) in [6.07, 6.45) is -2.98. The Labute approximate surface area is 117 Å². The molecule has 0 fully saturated rings. The average Bonchev–Trinajstić information content (AvgIpc) is 2.40. The summed E-state index contributed by atoms with van der Waals surface area (Å²) in [5.41, 5.74) is 0.813. The number of pyridine rings is 1. The number of nitrogens with zero attached hydrogens (tertiary/aromatic N) is 1. The van der Waals surface area contributed by atoms with Crippen LogP contribution < -0.4 is 10.1 Å². The Kier molecular flexibility index (Phi) is 6.26. The Balaban J connectivity index is 2.68. The van der Waals surface area contributed by atoms with Crippen LogP contribution in [0.5, 0.6) is 5.75 Å². The number of hydrogen-bond donors (Lipinski definition) is 1. The SMILES string of the molecule is CCCNC(CC)c1ccc(OC(C)C(F)(F)F)cn1. The first-order valence-electron chi connectivity index (χ1n) is 6.81. The third kappa shape index (κ3) is 5.00. The number of hydrogen-bond acceptors (Lipinski definition) is 3. The molecule has 2 atom stereocenters. The van der Waals surface area contributed by atoms with E-state index < -0.39 is 12.3 Å². The van der Waals surface area contributed by atoms with Crippen LogP contribution in [0.25, 0.3) is 0 Å². The van der Waals surface area contributed by atoms with E-state index in [2.05, 4.69) is 17.2 Å². The van der Waals surface area contributed by atoms with Gasteiger partial charge < -0.3 is 10.1 Å². The van der Waals surface area contributed by atoms with Gasteiger partial charge in [-0.3, -0.25) is 4.98 Å². The molecule has 1 aromatic rings. The van der Waals surface area contributed by atoms with Gasteiger partial charge in [-0.25, -0.2) is 0 Å². The molecule has 114 valence electrons. The zero-order valence-corrected chi connectivity index (χ0v) is 12.0. The standard InChI is InChI=1S/C14H21F3N2O/c1-4-8-18-12(5-2)13-7-6-11(9-19-13)20-10(3)14(15,16)17/h6-7,9-10,12,18H,4-5,8H2,1-3H3. The quantitative estimate of drug-likeness (QED) is 0.828. The molecule has 0 aromatic carbocycles. The summed E-state index contributed by atoms with van der Waals surface area (Å²) >= 11 is 0. The zero-order chi connectivity index (χ0) is 15.2. The molecule has 0 aliphatic carbocycles. The fourth-order valence-corrected chi connectivity index (χ4v) is 1.72. The Morgan fingerprint density at radius 1 is 1.30 bits per heavy atom. The number of aromatic nitrogens is 1. The van der Waals surface area contributed by atoms with E-state index in [1.54, 1.807) is 6.07 Å². The van der Waals surface area contributed by atoms with Gasteiger partial charge in [-0.05, 0) is 38.4 Å². The van der Waals surface area contributed by atoms with E-state index in [1.807, 2.05) is 6.92 Å². The molecule has 1 heterocycles. The fraction of sp³-hybridized carbons (Fsp3) is 0.643. The van der Waals surface area contributed by atoms with E-state index in [-0.39, 0.29) is 11.8 Å². The highest BCUT2D eigenvalue weighted by Gasteiger charge is 2.38. The predicted octanol–water partition coefficient (Wildman–Crippen LogP) is 3.86. The summed E-state index contributed by atoms with van der Waals surface area (Å²) in [6.45, 7) is 5.96. The molecule has 0 aliphatic heterocycles. The molecule has 0 radical (unpaired) electrons. The maximum Gasteiger partial charge on any atom is 0.425 e. The molecule has 3 nitrogen and oxygen atoms in total. The van der Waals surface area contributed by atoms with E-state index in [0.717, 1.165) is 32.0 Å². The second kappa shape index (κ2) is 7.47. The van der Waals surface area contributed by atoms with Crippen LogP contribution in [0.3, 0.4) is 0 Å². The van der Waals surface area contributed by atoms with Gasteiger partial charge in [0.2, 0.25) is 0 Å². The van der Waals surface area contributed by atoms with Gasteiger partial charge in [-0.1, -0.05) is 13.8 Å². The minimum absolute atomic E-state index is 0.115. The third-order valence-corrected chi connectivity index (χ3v) is 2.94. The highest BCUT2D eigenvalue weighted by atomic mass is 19.4. The van der Waals surface area contributed by atoms with Crippen molar-refractivity contribution < 1.29 is 17.9 Å². The number of nitrogens with one attached hydrogen (secondary N) is 1. The predicted molar refractivity (Wildman–Crippen MR) is 71.7 cm³/mol. The molecule has 0 spiro atoms. The van der Waals surface area contributed by atoms with Gasteiger partial charge in [0.05, 0.1) is 11.9 Å². The Bertz CT molecular complexity index is 392. The van der Waals surface area contributed by atoms with E-state index in [1.165, 1.54) is 12.3 Å². The molecule has 1 rings (SSSR count). The molecular weight excluding hydrogens is 269 g/mol. The summed E-state index contributed by atoms with van der Waals surface area (Å²) in [5.74, 6) is 0.129. The monoisotopic (exact) mass is 290 g/mol. The van der Waals surface area contributed by atoms with E-state index in [4.69, 9.17) is 4.74 Å².